The molecule has 4 unspecified atom stereocenters. The largest absolute Gasteiger partial charge is 0.368 e. The van der Waals surface area contributed by atoms with Crippen LogP contribution in [0.4, 0.5) is 0 Å². The number of morpholine rings is 1. The van der Waals surface area contributed by atoms with Crippen LogP contribution >= 0.6 is 23.2 Å². The Morgan fingerprint density at radius 3 is 2.05 bits per heavy atom. The van der Waals surface area contributed by atoms with Crippen molar-refractivity contribution in [3.63, 3.8) is 0 Å². The molecule has 2 aromatic carbocycles. The molecule has 0 aliphatic carbocycles. The van der Waals surface area contributed by atoms with Crippen LogP contribution in [0.25, 0.3) is 0 Å². The van der Waals surface area contributed by atoms with Gasteiger partial charge in [-0.3, -0.25) is 4.79 Å². The summed E-state index contributed by atoms with van der Waals surface area (Å²) in [7, 11) is -3.67. The highest BCUT2D eigenvalue weighted by molar-refractivity contribution is 7.92. The summed E-state index contributed by atoms with van der Waals surface area (Å²) in [5.41, 5.74) is 0.689. The minimum absolute atomic E-state index is 0.285. The van der Waals surface area contributed by atoms with E-state index in [2.05, 4.69) is 0 Å². The van der Waals surface area contributed by atoms with Crippen molar-refractivity contribution in [2.45, 2.75) is 83.3 Å². The maximum atomic E-state index is 14.1. The van der Waals surface area contributed by atoms with Gasteiger partial charge in [0.15, 0.2) is 16.1 Å². The molecule has 1 aliphatic rings. The molecule has 0 bridgehead atoms. The summed E-state index contributed by atoms with van der Waals surface area (Å²) in [6.45, 7) is 10.6. The molecule has 1 heterocycles. The van der Waals surface area contributed by atoms with E-state index in [1.54, 1.807) is 68.1 Å². The number of sulfone groups is 1. The van der Waals surface area contributed by atoms with Crippen LogP contribution in [-0.4, -0.2) is 58.4 Å². The molecule has 1 aliphatic heterocycles. The molecule has 1 amide bonds. The third-order valence-electron chi connectivity index (χ3n) is 6.89. The molecular weight excluding hydrogens is 549 g/mol. The SMILES string of the molecule is CC(C)(C)C(CS(=O)(=O)C(C)(C)C)N1C(=O)C(CC(O)O)OC(c2cccc(Cl)c2)C1c1ccc(Cl)cc1. The van der Waals surface area contributed by atoms with Crippen molar-refractivity contribution in [1.82, 2.24) is 4.90 Å². The molecule has 0 radical (unpaired) electrons. The molecule has 3 rings (SSSR count). The monoisotopic (exact) mass is 585 g/mol. The van der Waals surface area contributed by atoms with Gasteiger partial charge in [0.2, 0.25) is 0 Å². The number of aliphatic hydroxyl groups is 2. The van der Waals surface area contributed by atoms with Gasteiger partial charge in [-0.15, -0.1) is 0 Å². The number of amides is 1. The van der Waals surface area contributed by atoms with E-state index in [1.807, 2.05) is 26.8 Å². The molecule has 2 aromatic rings. The Morgan fingerprint density at radius 1 is 0.947 bits per heavy atom. The molecule has 2 N–H and O–H groups in total. The molecule has 10 heteroatoms. The van der Waals surface area contributed by atoms with Crippen molar-refractivity contribution < 1.29 is 28.2 Å². The van der Waals surface area contributed by atoms with E-state index in [-0.39, 0.29) is 12.2 Å². The predicted molar refractivity (Wildman–Crippen MR) is 150 cm³/mol. The molecule has 7 nitrogen and oxygen atoms in total. The summed E-state index contributed by atoms with van der Waals surface area (Å²) in [5.74, 6) is -0.799. The van der Waals surface area contributed by atoms with Crippen LogP contribution in [0, 0.1) is 5.41 Å². The Balaban J connectivity index is 2.30. The van der Waals surface area contributed by atoms with Crippen LogP contribution in [0.2, 0.25) is 10.0 Å². The van der Waals surface area contributed by atoms with Gasteiger partial charge in [0.25, 0.3) is 5.91 Å². The third-order valence-corrected chi connectivity index (χ3v) is 9.99. The quantitative estimate of drug-likeness (QED) is 0.425. The van der Waals surface area contributed by atoms with Crippen LogP contribution in [0.15, 0.2) is 48.5 Å². The van der Waals surface area contributed by atoms with E-state index < -0.39 is 56.5 Å². The van der Waals surface area contributed by atoms with E-state index >= 15 is 0 Å². The fourth-order valence-electron chi connectivity index (χ4n) is 4.60. The maximum Gasteiger partial charge on any atom is 0.252 e. The van der Waals surface area contributed by atoms with Gasteiger partial charge in [-0.05, 0) is 61.6 Å². The summed E-state index contributed by atoms with van der Waals surface area (Å²) < 4.78 is 32.3. The highest BCUT2D eigenvalue weighted by atomic mass is 35.5. The molecule has 0 saturated carbocycles. The van der Waals surface area contributed by atoms with Crippen LogP contribution in [-0.2, 0) is 19.4 Å². The van der Waals surface area contributed by atoms with Crippen molar-refractivity contribution >= 4 is 38.9 Å². The van der Waals surface area contributed by atoms with Crippen LogP contribution in [0.5, 0.6) is 0 Å². The second kappa shape index (κ2) is 11.4. The molecule has 1 saturated heterocycles. The number of ether oxygens (including phenoxy) is 1. The normalized spacial score (nSPS) is 22.1. The zero-order valence-corrected chi connectivity index (χ0v) is 24.9. The zero-order valence-electron chi connectivity index (χ0n) is 22.6. The number of rotatable bonds is 7. The van der Waals surface area contributed by atoms with E-state index in [0.717, 1.165) is 0 Å². The molecular formula is C28H37Cl2NO6S. The summed E-state index contributed by atoms with van der Waals surface area (Å²) in [5, 5.41) is 20.5. The lowest BCUT2D eigenvalue weighted by atomic mass is 9.82. The van der Waals surface area contributed by atoms with Crippen LogP contribution < -0.4 is 0 Å². The molecule has 1 fully saturated rings. The Bertz CT molecular complexity index is 1240. The standard InChI is InChI=1S/C28H37Cl2NO6S/c1-27(2,3)22(16-38(35,36)28(4,5)6)31-24(17-10-12-19(29)13-11-17)25(18-8-7-9-20(30)14-18)37-21(26(31)34)15-23(32)33/h7-14,21-25,32-33H,15-16H2,1-6H3. The molecule has 38 heavy (non-hydrogen) atoms. The van der Waals surface area contributed by atoms with Crippen LogP contribution in [0.1, 0.15) is 71.2 Å². The number of nitrogens with zero attached hydrogens (tertiary/aromatic N) is 1. The third kappa shape index (κ3) is 6.90. The van der Waals surface area contributed by atoms with Gasteiger partial charge < -0.3 is 19.8 Å². The molecule has 0 spiro atoms. The van der Waals surface area contributed by atoms with Crippen molar-refractivity contribution in [2.75, 3.05) is 5.75 Å². The minimum atomic E-state index is -3.67. The second-order valence-electron chi connectivity index (χ2n) is 11.8. The van der Waals surface area contributed by atoms with Gasteiger partial charge in [0.05, 0.1) is 22.6 Å². The number of aliphatic hydroxyl groups excluding tert-OH is 1. The van der Waals surface area contributed by atoms with Gasteiger partial charge in [0.1, 0.15) is 12.2 Å². The average Bonchev–Trinajstić information content (AvgIpc) is 2.78. The van der Waals surface area contributed by atoms with Gasteiger partial charge in [-0.1, -0.05) is 68.2 Å². The summed E-state index contributed by atoms with van der Waals surface area (Å²) in [4.78, 5) is 15.7. The number of hydrogen-bond acceptors (Lipinski definition) is 6. The van der Waals surface area contributed by atoms with Crippen molar-refractivity contribution in [3.05, 3.63) is 69.7 Å². The Kier molecular flexibility index (Phi) is 9.28. The minimum Gasteiger partial charge on any atom is -0.368 e. The van der Waals surface area contributed by atoms with Crippen molar-refractivity contribution in [1.29, 1.82) is 0 Å². The topological polar surface area (TPSA) is 104 Å². The average molecular weight is 587 g/mol. The van der Waals surface area contributed by atoms with E-state index in [4.69, 9.17) is 27.9 Å². The number of carbonyl (C=O) groups excluding carboxylic acids is 1. The first-order valence-corrected chi connectivity index (χ1v) is 14.9. The predicted octanol–water partition coefficient (Wildman–Crippen LogP) is 5.33. The lowest BCUT2D eigenvalue weighted by molar-refractivity contribution is -0.192. The molecule has 210 valence electrons. The van der Waals surface area contributed by atoms with Gasteiger partial charge >= 0.3 is 0 Å². The van der Waals surface area contributed by atoms with E-state index in [1.165, 1.54) is 0 Å². The lowest BCUT2D eigenvalue weighted by Gasteiger charge is -2.51. The Labute approximate surface area is 235 Å². The zero-order chi connectivity index (χ0) is 28.6. The molecule has 4 atom stereocenters. The Morgan fingerprint density at radius 2 is 1.55 bits per heavy atom. The molecule has 0 aromatic heterocycles. The highest BCUT2D eigenvalue weighted by Crippen LogP contribution is 2.47. The van der Waals surface area contributed by atoms with Gasteiger partial charge in [-0.25, -0.2) is 8.42 Å². The Hall–Kier alpha value is -1.68. The summed E-state index contributed by atoms with van der Waals surface area (Å²) >= 11 is 12.5. The number of hydrogen-bond donors (Lipinski definition) is 2. The smallest absolute Gasteiger partial charge is 0.252 e. The first-order chi connectivity index (χ1) is 17.4. The number of halogens is 2. The van der Waals surface area contributed by atoms with Gasteiger partial charge in [-0.2, -0.15) is 0 Å². The summed E-state index contributed by atoms with van der Waals surface area (Å²) in [6.07, 6.45) is -4.17. The first kappa shape index (κ1) is 30.9. The fourth-order valence-corrected chi connectivity index (χ4v) is 6.50. The second-order valence-corrected chi connectivity index (χ2v) is 15.5. The number of benzene rings is 2. The van der Waals surface area contributed by atoms with Crippen molar-refractivity contribution in [2.24, 2.45) is 5.41 Å². The van der Waals surface area contributed by atoms with E-state index in [0.29, 0.717) is 21.2 Å². The lowest BCUT2D eigenvalue weighted by Crippen LogP contribution is -2.60. The van der Waals surface area contributed by atoms with E-state index in [9.17, 15) is 23.4 Å². The first-order valence-electron chi connectivity index (χ1n) is 12.5. The van der Waals surface area contributed by atoms with Gasteiger partial charge in [0, 0.05) is 16.5 Å². The maximum absolute atomic E-state index is 14.1. The van der Waals surface area contributed by atoms with Crippen LogP contribution in [0.3, 0.4) is 0 Å². The fraction of sp³-hybridized carbons (Fsp3) is 0.536. The summed E-state index contributed by atoms with van der Waals surface area (Å²) in [6, 6.07) is 12.5. The van der Waals surface area contributed by atoms with Crippen molar-refractivity contribution in [3.8, 4) is 0 Å². The number of carbonyl (C=O) groups is 1. The highest BCUT2D eigenvalue weighted by Gasteiger charge is 2.51.